The highest BCUT2D eigenvalue weighted by atomic mass is 32.2. The van der Waals surface area contributed by atoms with Gasteiger partial charge in [0, 0.05) is 19.3 Å². The summed E-state index contributed by atoms with van der Waals surface area (Å²) >= 11 is 0. The van der Waals surface area contributed by atoms with E-state index < -0.39 is 10.0 Å². The molecule has 1 rings (SSSR count). The molecule has 102 valence electrons. The van der Waals surface area contributed by atoms with Gasteiger partial charge in [-0.15, -0.1) is 0 Å². The summed E-state index contributed by atoms with van der Waals surface area (Å²) in [6.07, 6.45) is 4.83. The fourth-order valence-corrected chi connectivity index (χ4v) is 2.28. The smallest absolute Gasteiger partial charge is 0.215 e. The van der Waals surface area contributed by atoms with Crippen LogP contribution in [0.25, 0.3) is 0 Å². The molecule has 7 heteroatoms. The molecule has 0 radical (unpaired) electrons. The Balaban J connectivity index is 2.41. The predicted octanol–water partition coefficient (Wildman–Crippen LogP) is 0.861. The van der Waals surface area contributed by atoms with Gasteiger partial charge < -0.3 is 5.32 Å². The van der Waals surface area contributed by atoms with E-state index in [4.69, 9.17) is 5.26 Å². The van der Waals surface area contributed by atoms with Crippen molar-refractivity contribution in [1.29, 1.82) is 5.26 Å². The van der Waals surface area contributed by atoms with Gasteiger partial charge in [-0.05, 0) is 19.1 Å². The molecule has 6 nitrogen and oxygen atoms in total. The lowest BCUT2D eigenvalue weighted by atomic mass is 10.3. The van der Waals surface area contributed by atoms with Crippen molar-refractivity contribution in [2.24, 2.45) is 0 Å². The van der Waals surface area contributed by atoms with Crippen LogP contribution in [-0.2, 0) is 10.0 Å². The normalized spacial score (nSPS) is 11.4. The van der Waals surface area contributed by atoms with E-state index in [2.05, 4.69) is 15.0 Å². The number of hydrogen-bond donors (Lipinski definition) is 2. The van der Waals surface area contributed by atoms with Crippen molar-refractivity contribution in [3.05, 3.63) is 36.0 Å². The number of nitrogens with one attached hydrogen (secondary N) is 2. The van der Waals surface area contributed by atoms with Crippen molar-refractivity contribution in [2.75, 3.05) is 24.2 Å². The molecule has 0 saturated heterocycles. The second kappa shape index (κ2) is 7.51. The maximum absolute atomic E-state index is 11.5. The Morgan fingerprint density at radius 3 is 2.95 bits per heavy atom. The van der Waals surface area contributed by atoms with E-state index in [9.17, 15) is 8.42 Å². The molecule has 0 saturated carbocycles. The second-order valence-electron chi connectivity index (χ2n) is 3.68. The van der Waals surface area contributed by atoms with Crippen LogP contribution in [0.3, 0.4) is 0 Å². The minimum absolute atomic E-state index is 0.0312. The van der Waals surface area contributed by atoms with Crippen molar-refractivity contribution in [2.45, 2.75) is 6.92 Å². The van der Waals surface area contributed by atoms with Crippen LogP contribution in [0.15, 0.2) is 30.5 Å². The molecule has 2 N–H and O–H groups in total. The summed E-state index contributed by atoms with van der Waals surface area (Å²) < 4.78 is 25.4. The third-order valence-corrected chi connectivity index (χ3v) is 3.49. The molecular formula is C12H16N4O2S. The van der Waals surface area contributed by atoms with E-state index in [0.717, 1.165) is 0 Å². The molecule has 0 amide bonds. The number of anilines is 1. The number of aromatic nitrogens is 1. The number of allylic oxidation sites excluding steroid dienone is 1. The minimum Gasteiger partial charge on any atom is -0.368 e. The van der Waals surface area contributed by atoms with Gasteiger partial charge in [-0.25, -0.2) is 18.1 Å². The summed E-state index contributed by atoms with van der Waals surface area (Å²) in [5.74, 6) is 0.425. The zero-order valence-corrected chi connectivity index (χ0v) is 11.4. The fourth-order valence-electron chi connectivity index (χ4n) is 1.31. The Bertz CT molecular complexity index is 576. The molecule has 0 bridgehead atoms. The molecule has 0 spiro atoms. The highest BCUT2D eigenvalue weighted by molar-refractivity contribution is 7.89. The van der Waals surface area contributed by atoms with Gasteiger partial charge in [0.2, 0.25) is 10.0 Å². The summed E-state index contributed by atoms with van der Waals surface area (Å²) in [4.78, 5) is 4.01. The first kappa shape index (κ1) is 15.1. The molecule has 1 heterocycles. The van der Waals surface area contributed by atoms with E-state index in [-0.39, 0.29) is 12.3 Å². The highest BCUT2D eigenvalue weighted by Crippen LogP contribution is 2.08. The maximum Gasteiger partial charge on any atom is 0.215 e. The van der Waals surface area contributed by atoms with Crippen LogP contribution in [0.5, 0.6) is 0 Å². The third kappa shape index (κ3) is 5.50. The van der Waals surface area contributed by atoms with Crippen molar-refractivity contribution >= 4 is 15.8 Å². The number of nitriles is 1. The highest BCUT2D eigenvalue weighted by Gasteiger charge is 2.06. The first-order chi connectivity index (χ1) is 9.09. The van der Waals surface area contributed by atoms with E-state index in [1.54, 1.807) is 37.4 Å². The van der Waals surface area contributed by atoms with Gasteiger partial charge in [0.1, 0.15) is 11.9 Å². The van der Waals surface area contributed by atoms with Gasteiger partial charge >= 0.3 is 0 Å². The molecule has 1 aromatic rings. The Kier molecular flexibility index (Phi) is 5.99. The largest absolute Gasteiger partial charge is 0.368 e. The first-order valence-corrected chi connectivity index (χ1v) is 7.42. The number of nitrogens with zero attached hydrogens (tertiary/aromatic N) is 2. The molecule has 1 aromatic heterocycles. The standard InChI is InChI=1S/C12H16N4O2S/c1-2-3-9-19(17,18)16-8-7-15-12-11(10-13)5-4-6-14-12/h2-6,16H,7-9H2,1H3,(H,14,15)/b3-2-. The van der Waals surface area contributed by atoms with Crippen LogP contribution in [0.4, 0.5) is 5.82 Å². The Hall–Kier alpha value is -1.91. The molecule has 0 unspecified atom stereocenters. The Morgan fingerprint density at radius 2 is 2.26 bits per heavy atom. The van der Waals surface area contributed by atoms with Crippen molar-refractivity contribution in [3.8, 4) is 6.07 Å². The lowest BCUT2D eigenvalue weighted by Crippen LogP contribution is -2.30. The fraction of sp³-hybridized carbons (Fsp3) is 0.333. The molecule has 0 aliphatic rings. The van der Waals surface area contributed by atoms with Crippen LogP contribution in [-0.4, -0.2) is 32.2 Å². The van der Waals surface area contributed by atoms with Crippen LogP contribution in [0.2, 0.25) is 0 Å². The van der Waals surface area contributed by atoms with E-state index in [1.807, 2.05) is 6.07 Å². The lowest BCUT2D eigenvalue weighted by molar-refractivity contribution is 0.586. The summed E-state index contributed by atoms with van der Waals surface area (Å²) in [6.45, 7) is 2.36. The topological polar surface area (TPSA) is 94.9 Å². The molecule has 0 fully saturated rings. The summed E-state index contributed by atoms with van der Waals surface area (Å²) in [7, 11) is -3.28. The van der Waals surface area contributed by atoms with Crippen molar-refractivity contribution in [3.63, 3.8) is 0 Å². The van der Waals surface area contributed by atoms with Crippen LogP contribution in [0.1, 0.15) is 12.5 Å². The first-order valence-electron chi connectivity index (χ1n) is 5.76. The number of rotatable bonds is 7. The summed E-state index contributed by atoms with van der Waals surface area (Å²) in [6, 6.07) is 5.32. The molecule has 0 aliphatic heterocycles. The Labute approximate surface area is 113 Å². The van der Waals surface area contributed by atoms with Crippen LogP contribution >= 0.6 is 0 Å². The van der Waals surface area contributed by atoms with Gasteiger partial charge in [0.05, 0.1) is 11.3 Å². The maximum atomic E-state index is 11.5. The number of pyridine rings is 1. The number of hydrogen-bond acceptors (Lipinski definition) is 5. The Morgan fingerprint density at radius 1 is 1.47 bits per heavy atom. The average Bonchev–Trinajstić information content (AvgIpc) is 2.42. The lowest BCUT2D eigenvalue weighted by Gasteiger charge is -2.07. The van der Waals surface area contributed by atoms with Gasteiger partial charge in [-0.2, -0.15) is 5.26 Å². The molecule has 0 aromatic carbocycles. The summed E-state index contributed by atoms with van der Waals surface area (Å²) in [5.41, 5.74) is 0.430. The van der Waals surface area contributed by atoms with E-state index >= 15 is 0 Å². The quantitative estimate of drug-likeness (QED) is 0.570. The predicted molar refractivity (Wildman–Crippen MR) is 74.0 cm³/mol. The van der Waals surface area contributed by atoms with Crippen molar-refractivity contribution in [1.82, 2.24) is 9.71 Å². The monoisotopic (exact) mass is 280 g/mol. The van der Waals surface area contributed by atoms with Gasteiger partial charge in [0.15, 0.2) is 0 Å². The zero-order chi connectivity index (χ0) is 14.1. The van der Waals surface area contributed by atoms with E-state index in [0.29, 0.717) is 17.9 Å². The van der Waals surface area contributed by atoms with E-state index in [1.165, 1.54) is 0 Å². The second-order valence-corrected chi connectivity index (χ2v) is 5.53. The van der Waals surface area contributed by atoms with Gasteiger partial charge in [-0.3, -0.25) is 0 Å². The SMILES string of the molecule is C/C=C\CS(=O)(=O)NCCNc1ncccc1C#N. The third-order valence-electron chi connectivity index (χ3n) is 2.22. The van der Waals surface area contributed by atoms with Gasteiger partial charge in [-0.1, -0.05) is 12.2 Å². The zero-order valence-electron chi connectivity index (χ0n) is 10.6. The minimum atomic E-state index is -3.28. The van der Waals surface area contributed by atoms with Crippen LogP contribution in [0, 0.1) is 11.3 Å². The van der Waals surface area contributed by atoms with Crippen LogP contribution < -0.4 is 10.0 Å². The average molecular weight is 280 g/mol. The molecular weight excluding hydrogens is 264 g/mol. The van der Waals surface area contributed by atoms with Crippen molar-refractivity contribution < 1.29 is 8.42 Å². The van der Waals surface area contributed by atoms with Gasteiger partial charge in [0.25, 0.3) is 0 Å². The number of sulfonamides is 1. The molecule has 0 aliphatic carbocycles. The molecule has 19 heavy (non-hydrogen) atoms. The summed E-state index contributed by atoms with van der Waals surface area (Å²) in [5, 5.41) is 11.8. The molecule has 0 atom stereocenters.